The highest BCUT2D eigenvalue weighted by Gasteiger charge is 2.24. The van der Waals surface area contributed by atoms with Gasteiger partial charge < -0.3 is 19.7 Å². The number of carbonyl (C=O) groups is 2. The van der Waals surface area contributed by atoms with Crippen molar-refractivity contribution in [2.45, 2.75) is 25.9 Å². The molecule has 1 saturated heterocycles. The third-order valence-electron chi connectivity index (χ3n) is 6.12. The Balaban J connectivity index is 1.35. The quantitative estimate of drug-likeness (QED) is 0.456. The molecule has 4 rings (SSSR count). The van der Waals surface area contributed by atoms with Gasteiger partial charge in [-0.15, -0.1) is 0 Å². The predicted molar refractivity (Wildman–Crippen MR) is 137 cm³/mol. The van der Waals surface area contributed by atoms with Crippen molar-refractivity contribution >= 4 is 18.0 Å². The van der Waals surface area contributed by atoms with Gasteiger partial charge in [-0.3, -0.25) is 9.69 Å². The van der Waals surface area contributed by atoms with Gasteiger partial charge in [0, 0.05) is 38.9 Å². The maximum absolute atomic E-state index is 13.1. The molecule has 1 atom stereocenters. The number of benzene rings is 2. The van der Waals surface area contributed by atoms with Gasteiger partial charge in [0.1, 0.15) is 17.9 Å². The van der Waals surface area contributed by atoms with Gasteiger partial charge >= 0.3 is 0 Å². The van der Waals surface area contributed by atoms with E-state index in [2.05, 4.69) is 32.2 Å². The molecule has 0 spiro atoms. The lowest BCUT2D eigenvalue weighted by molar-refractivity contribution is -0.109. The van der Waals surface area contributed by atoms with Crippen LogP contribution >= 0.6 is 0 Å². The van der Waals surface area contributed by atoms with Crippen LogP contribution in [0.4, 0.5) is 5.82 Å². The minimum atomic E-state index is -0.594. The second-order valence-electron chi connectivity index (χ2n) is 8.62. The molecule has 1 amide bonds. The largest absolute Gasteiger partial charge is 0.494 e. The Morgan fingerprint density at radius 1 is 1.00 bits per heavy atom. The Labute approximate surface area is 206 Å². The Kier molecular flexibility index (Phi) is 8.46. The smallest absolute Gasteiger partial charge is 0.255 e. The zero-order valence-electron chi connectivity index (χ0n) is 20.1. The Bertz CT molecular complexity index is 1100. The highest BCUT2D eigenvalue weighted by atomic mass is 16.5. The van der Waals surface area contributed by atoms with Crippen LogP contribution in [-0.4, -0.2) is 60.9 Å². The Hall–Kier alpha value is -3.71. The van der Waals surface area contributed by atoms with E-state index in [4.69, 9.17) is 4.74 Å². The maximum atomic E-state index is 13.1. The third-order valence-corrected chi connectivity index (χ3v) is 6.12. The highest BCUT2D eigenvalue weighted by molar-refractivity contribution is 6.00. The van der Waals surface area contributed by atoms with Crippen LogP contribution in [0.25, 0.3) is 0 Å². The molecular formula is C28H32N4O3. The summed E-state index contributed by atoms with van der Waals surface area (Å²) >= 11 is 0. The van der Waals surface area contributed by atoms with Crippen molar-refractivity contribution in [2.24, 2.45) is 0 Å². The normalized spacial score (nSPS) is 14.8. The molecule has 0 aliphatic carbocycles. The number of anilines is 1. The topological polar surface area (TPSA) is 74.8 Å². The SMILES string of the molecule is CCOc1ccc(CN2CCN(c3ncccc3C(=O)NC(C=O)Cc3ccccc3)CC2)cc1. The molecule has 1 N–H and O–H groups in total. The first kappa shape index (κ1) is 24.4. The number of rotatable bonds is 10. The number of carbonyl (C=O) groups excluding carboxylic acids is 2. The third kappa shape index (κ3) is 6.67. The summed E-state index contributed by atoms with van der Waals surface area (Å²) in [5, 5.41) is 2.87. The van der Waals surface area contributed by atoms with Crippen molar-refractivity contribution in [3.8, 4) is 5.75 Å². The number of hydrogen-bond donors (Lipinski definition) is 1. The van der Waals surface area contributed by atoms with Crippen LogP contribution in [-0.2, 0) is 17.8 Å². The first-order valence-electron chi connectivity index (χ1n) is 12.1. The average Bonchev–Trinajstić information content (AvgIpc) is 2.90. The van der Waals surface area contributed by atoms with Crippen LogP contribution in [0.3, 0.4) is 0 Å². The van der Waals surface area contributed by atoms with Crippen molar-refractivity contribution in [1.82, 2.24) is 15.2 Å². The number of hydrogen-bond acceptors (Lipinski definition) is 6. The van der Waals surface area contributed by atoms with Gasteiger partial charge in [-0.2, -0.15) is 0 Å². The zero-order valence-corrected chi connectivity index (χ0v) is 20.1. The number of piperazine rings is 1. The molecule has 2 heterocycles. The summed E-state index contributed by atoms with van der Waals surface area (Å²) in [6.45, 7) is 6.81. The molecule has 1 aromatic heterocycles. The molecule has 1 unspecified atom stereocenters. The molecule has 7 heteroatoms. The van der Waals surface area contributed by atoms with E-state index in [9.17, 15) is 9.59 Å². The van der Waals surface area contributed by atoms with Crippen LogP contribution in [0.2, 0.25) is 0 Å². The van der Waals surface area contributed by atoms with Gasteiger partial charge in [0.25, 0.3) is 5.91 Å². The monoisotopic (exact) mass is 472 g/mol. The fourth-order valence-corrected chi connectivity index (χ4v) is 4.31. The van der Waals surface area contributed by atoms with Gasteiger partial charge in [-0.05, 0) is 48.7 Å². The fourth-order valence-electron chi connectivity index (χ4n) is 4.31. The van der Waals surface area contributed by atoms with E-state index in [1.165, 1.54) is 5.56 Å². The molecule has 0 bridgehead atoms. The lowest BCUT2D eigenvalue weighted by atomic mass is 10.1. The lowest BCUT2D eigenvalue weighted by Crippen LogP contribution is -2.47. The van der Waals surface area contributed by atoms with Gasteiger partial charge in [-0.25, -0.2) is 4.98 Å². The van der Waals surface area contributed by atoms with Gasteiger partial charge in [0.15, 0.2) is 0 Å². The van der Waals surface area contributed by atoms with Crippen molar-refractivity contribution < 1.29 is 14.3 Å². The van der Waals surface area contributed by atoms with E-state index >= 15 is 0 Å². The summed E-state index contributed by atoms with van der Waals surface area (Å²) in [6.07, 6.45) is 2.95. The molecule has 1 fully saturated rings. The van der Waals surface area contributed by atoms with E-state index in [1.807, 2.05) is 49.4 Å². The summed E-state index contributed by atoms with van der Waals surface area (Å²) in [7, 11) is 0. The van der Waals surface area contributed by atoms with Crippen LogP contribution < -0.4 is 15.0 Å². The summed E-state index contributed by atoms with van der Waals surface area (Å²) < 4.78 is 5.53. The van der Waals surface area contributed by atoms with Crippen molar-refractivity contribution in [1.29, 1.82) is 0 Å². The minimum Gasteiger partial charge on any atom is -0.494 e. The Morgan fingerprint density at radius 2 is 1.74 bits per heavy atom. The van der Waals surface area contributed by atoms with Crippen LogP contribution in [0.1, 0.15) is 28.4 Å². The van der Waals surface area contributed by atoms with E-state index < -0.39 is 6.04 Å². The lowest BCUT2D eigenvalue weighted by Gasteiger charge is -2.36. The van der Waals surface area contributed by atoms with Crippen molar-refractivity contribution in [2.75, 3.05) is 37.7 Å². The van der Waals surface area contributed by atoms with E-state index in [0.29, 0.717) is 24.4 Å². The minimum absolute atomic E-state index is 0.280. The summed E-state index contributed by atoms with van der Waals surface area (Å²) in [5.41, 5.74) is 2.74. The maximum Gasteiger partial charge on any atom is 0.255 e. The van der Waals surface area contributed by atoms with Gasteiger partial charge in [0.05, 0.1) is 18.2 Å². The molecule has 7 nitrogen and oxygen atoms in total. The standard InChI is InChI=1S/C28H32N4O3/c1-2-35-25-12-10-23(11-13-25)20-31-15-17-32(18-16-31)27-26(9-6-14-29-27)28(34)30-24(21-33)19-22-7-4-3-5-8-22/h3-14,21,24H,2,15-20H2,1H3,(H,30,34). The van der Waals surface area contributed by atoms with Crippen LogP contribution in [0.15, 0.2) is 72.9 Å². The number of ether oxygens (including phenoxy) is 1. The molecule has 0 saturated carbocycles. The summed E-state index contributed by atoms with van der Waals surface area (Å²) in [4.78, 5) is 33.8. The first-order valence-corrected chi connectivity index (χ1v) is 12.1. The van der Waals surface area contributed by atoms with Gasteiger partial charge in [0.2, 0.25) is 0 Å². The highest BCUT2D eigenvalue weighted by Crippen LogP contribution is 2.21. The molecule has 35 heavy (non-hydrogen) atoms. The molecule has 1 aliphatic heterocycles. The number of aldehydes is 1. The molecular weight excluding hydrogens is 440 g/mol. The average molecular weight is 473 g/mol. The predicted octanol–water partition coefficient (Wildman–Crippen LogP) is 3.34. The van der Waals surface area contributed by atoms with E-state index in [-0.39, 0.29) is 5.91 Å². The number of amides is 1. The second-order valence-corrected chi connectivity index (χ2v) is 8.62. The van der Waals surface area contributed by atoms with Gasteiger partial charge in [-0.1, -0.05) is 42.5 Å². The molecule has 2 aromatic carbocycles. The number of aromatic nitrogens is 1. The molecule has 0 radical (unpaired) electrons. The summed E-state index contributed by atoms with van der Waals surface area (Å²) in [6, 6.07) is 20.9. The zero-order chi connectivity index (χ0) is 24.5. The van der Waals surface area contributed by atoms with Crippen molar-refractivity contribution in [3.05, 3.63) is 89.6 Å². The molecule has 182 valence electrons. The second kappa shape index (κ2) is 12.1. The molecule has 1 aliphatic rings. The van der Waals surface area contributed by atoms with Crippen LogP contribution in [0, 0.1) is 0 Å². The number of pyridine rings is 1. The summed E-state index contributed by atoms with van der Waals surface area (Å²) in [5.74, 6) is 1.27. The molecule has 3 aromatic rings. The van der Waals surface area contributed by atoms with E-state index in [0.717, 1.165) is 50.3 Å². The fraction of sp³-hybridized carbons (Fsp3) is 0.321. The van der Waals surface area contributed by atoms with E-state index in [1.54, 1.807) is 18.3 Å². The van der Waals surface area contributed by atoms with Crippen LogP contribution in [0.5, 0.6) is 5.75 Å². The number of nitrogens with zero attached hydrogens (tertiary/aromatic N) is 3. The Morgan fingerprint density at radius 3 is 2.43 bits per heavy atom. The number of nitrogens with one attached hydrogen (secondary N) is 1. The first-order chi connectivity index (χ1) is 17.2. The van der Waals surface area contributed by atoms with Crippen molar-refractivity contribution in [3.63, 3.8) is 0 Å².